The van der Waals surface area contributed by atoms with Crippen LogP contribution in [-0.4, -0.2) is 30.4 Å². The van der Waals surface area contributed by atoms with E-state index in [-0.39, 0.29) is 6.54 Å². The summed E-state index contributed by atoms with van der Waals surface area (Å²) in [5.41, 5.74) is -1.90. The van der Waals surface area contributed by atoms with Gasteiger partial charge < -0.3 is 10.1 Å². The topological polar surface area (TPSA) is 55.4 Å². The number of hydrogen-bond acceptors (Lipinski definition) is 3. The summed E-state index contributed by atoms with van der Waals surface area (Å²) in [6.45, 7) is -0.263. The third-order valence-electron chi connectivity index (χ3n) is 2.44. The summed E-state index contributed by atoms with van der Waals surface area (Å²) in [6.07, 6.45) is -4.69. The third-order valence-corrected chi connectivity index (χ3v) is 3.13. The first-order valence-corrected chi connectivity index (χ1v) is 6.45. The predicted octanol–water partition coefficient (Wildman–Crippen LogP) is 2.51. The van der Waals surface area contributed by atoms with Crippen LogP contribution in [0.2, 0.25) is 0 Å². The van der Waals surface area contributed by atoms with E-state index in [0.29, 0.717) is 18.2 Å². The Balaban J connectivity index is 2.85. The minimum atomic E-state index is -4.69. The quantitative estimate of drug-likeness (QED) is 0.502. The fourth-order valence-corrected chi connectivity index (χ4v) is 1.71. The van der Waals surface area contributed by atoms with Gasteiger partial charge in [0.05, 0.1) is 18.2 Å². The van der Waals surface area contributed by atoms with E-state index in [2.05, 4.69) is 26.0 Å². The summed E-state index contributed by atoms with van der Waals surface area (Å²) in [6, 6.07) is 1.50. The van der Waals surface area contributed by atoms with Gasteiger partial charge in [-0.2, -0.15) is 13.2 Å². The maximum absolute atomic E-state index is 13.4. The lowest BCUT2D eigenvalue weighted by Gasteiger charge is -2.11. The highest BCUT2D eigenvalue weighted by molar-refractivity contribution is 9.10. The molecule has 0 aromatic heterocycles. The lowest BCUT2D eigenvalue weighted by Crippen LogP contribution is -2.34. The average Bonchev–Trinajstić information content (AvgIpc) is 2.42. The molecule has 1 aromatic carbocycles. The molecule has 1 amide bonds. The van der Waals surface area contributed by atoms with Gasteiger partial charge in [-0.15, -0.1) is 0 Å². The second-order valence-corrected chi connectivity index (χ2v) is 5.00. The molecule has 9 heteroatoms. The van der Waals surface area contributed by atoms with Crippen LogP contribution in [-0.2, 0) is 15.7 Å². The number of nitrogens with one attached hydrogen (secondary N) is 1. The molecule has 116 valence electrons. The Morgan fingerprint density at radius 2 is 2.00 bits per heavy atom. The van der Waals surface area contributed by atoms with E-state index >= 15 is 0 Å². The van der Waals surface area contributed by atoms with Crippen LogP contribution in [0.3, 0.4) is 0 Å². The molecule has 0 aliphatic rings. The Morgan fingerprint density at radius 3 is 2.52 bits per heavy atom. The zero-order valence-corrected chi connectivity index (χ0v) is 12.2. The molecule has 0 saturated heterocycles. The first-order chi connectivity index (χ1) is 9.66. The van der Waals surface area contributed by atoms with Crippen molar-refractivity contribution in [3.8, 4) is 0 Å². The number of esters is 1. The number of methoxy groups -OCH3 is 1. The van der Waals surface area contributed by atoms with Crippen LogP contribution in [0.5, 0.6) is 0 Å². The highest BCUT2D eigenvalue weighted by Gasteiger charge is 2.32. The van der Waals surface area contributed by atoms with Crippen LogP contribution < -0.4 is 5.32 Å². The first-order valence-electron chi connectivity index (χ1n) is 5.53. The number of carbonyl (C=O) groups is 2. The van der Waals surface area contributed by atoms with E-state index in [1.54, 1.807) is 0 Å². The summed E-state index contributed by atoms with van der Waals surface area (Å²) >= 11 is 2.91. The molecular weight excluding hydrogens is 362 g/mol. The van der Waals surface area contributed by atoms with Gasteiger partial charge in [-0.1, -0.05) is 15.9 Å². The van der Waals surface area contributed by atoms with Crippen molar-refractivity contribution in [2.24, 2.45) is 0 Å². The van der Waals surface area contributed by atoms with E-state index in [9.17, 15) is 27.2 Å². The van der Waals surface area contributed by atoms with Crippen LogP contribution >= 0.6 is 15.9 Å². The highest BCUT2D eigenvalue weighted by Crippen LogP contribution is 2.30. The Labute approximate surface area is 125 Å². The Hall–Kier alpha value is -1.64. The van der Waals surface area contributed by atoms with Gasteiger partial charge in [0.2, 0.25) is 0 Å². The maximum Gasteiger partial charge on any atom is 0.416 e. The predicted molar refractivity (Wildman–Crippen MR) is 68.5 cm³/mol. The zero-order valence-electron chi connectivity index (χ0n) is 10.6. The number of amides is 1. The second-order valence-electron chi connectivity index (χ2n) is 3.89. The lowest BCUT2D eigenvalue weighted by molar-refractivity contribution is -0.139. The molecule has 0 fully saturated rings. The van der Waals surface area contributed by atoms with Crippen LogP contribution in [0.25, 0.3) is 0 Å². The van der Waals surface area contributed by atoms with Crippen molar-refractivity contribution in [2.45, 2.75) is 11.0 Å². The largest absolute Gasteiger partial charge is 0.468 e. The molecule has 0 radical (unpaired) electrons. The van der Waals surface area contributed by atoms with Crippen LogP contribution in [0.4, 0.5) is 17.6 Å². The van der Waals surface area contributed by atoms with Crippen molar-refractivity contribution in [1.82, 2.24) is 5.32 Å². The van der Waals surface area contributed by atoms with Gasteiger partial charge in [0.25, 0.3) is 5.91 Å². The number of ether oxygens (including phenoxy) is 1. The van der Waals surface area contributed by atoms with Crippen LogP contribution in [0, 0.1) is 5.82 Å². The van der Waals surface area contributed by atoms with E-state index in [4.69, 9.17) is 0 Å². The Morgan fingerprint density at radius 1 is 1.38 bits per heavy atom. The molecule has 1 rings (SSSR count). The Kier molecular flexibility index (Phi) is 5.70. The first kappa shape index (κ1) is 17.4. The number of rotatable bonds is 4. The molecule has 1 aromatic rings. The smallest absolute Gasteiger partial charge is 0.416 e. The number of halogens is 5. The summed E-state index contributed by atoms with van der Waals surface area (Å²) in [4.78, 5) is 21.9. The molecule has 1 N–H and O–H groups in total. The molecular formula is C12H10BrF4NO3. The van der Waals surface area contributed by atoms with Crippen molar-refractivity contribution in [2.75, 3.05) is 13.7 Å². The van der Waals surface area contributed by atoms with Gasteiger partial charge in [0, 0.05) is 6.54 Å². The van der Waals surface area contributed by atoms with Gasteiger partial charge in [0.1, 0.15) is 10.6 Å². The van der Waals surface area contributed by atoms with E-state index in [1.165, 1.54) is 0 Å². The number of carbonyl (C=O) groups excluding carboxylic acids is 2. The minimum absolute atomic E-state index is 0.263. The van der Waals surface area contributed by atoms with Gasteiger partial charge in [0.15, 0.2) is 0 Å². The van der Waals surface area contributed by atoms with Gasteiger partial charge in [-0.3, -0.25) is 9.59 Å². The van der Waals surface area contributed by atoms with Crippen molar-refractivity contribution < 1.29 is 31.9 Å². The van der Waals surface area contributed by atoms with Crippen LogP contribution in [0.1, 0.15) is 15.9 Å². The van der Waals surface area contributed by atoms with Gasteiger partial charge in [-0.25, -0.2) is 4.39 Å². The normalized spacial score (nSPS) is 12.7. The van der Waals surface area contributed by atoms with E-state index in [0.717, 1.165) is 7.11 Å². The van der Waals surface area contributed by atoms with Gasteiger partial charge in [-0.05, 0) is 18.2 Å². The summed E-state index contributed by atoms with van der Waals surface area (Å²) in [5, 5.41) is 2.14. The molecule has 0 aliphatic carbocycles. The zero-order chi connectivity index (χ0) is 16.2. The van der Waals surface area contributed by atoms with Crippen molar-refractivity contribution in [3.63, 3.8) is 0 Å². The SMILES string of the molecule is COC(=O)C(Br)CNC(=O)c1cc(C(F)(F)F)ccc1F. The fraction of sp³-hybridized carbons (Fsp3) is 0.333. The summed E-state index contributed by atoms with van der Waals surface area (Å²) in [5.74, 6) is -2.84. The third kappa shape index (κ3) is 4.69. The Bertz CT molecular complexity index is 548. The number of benzene rings is 1. The van der Waals surface area contributed by atoms with Gasteiger partial charge >= 0.3 is 12.1 Å². The maximum atomic E-state index is 13.4. The van der Waals surface area contributed by atoms with E-state index < -0.39 is 39.8 Å². The van der Waals surface area contributed by atoms with Crippen molar-refractivity contribution in [3.05, 3.63) is 35.1 Å². The molecule has 0 bridgehead atoms. The summed E-state index contributed by atoms with van der Waals surface area (Å²) in [7, 11) is 1.13. The van der Waals surface area contributed by atoms with Crippen LogP contribution in [0.15, 0.2) is 18.2 Å². The molecule has 0 aliphatic heterocycles. The second kappa shape index (κ2) is 6.88. The monoisotopic (exact) mass is 371 g/mol. The summed E-state index contributed by atoms with van der Waals surface area (Å²) < 4.78 is 55.3. The molecule has 1 atom stereocenters. The lowest BCUT2D eigenvalue weighted by atomic mass is 10.1. The molecule has 1 unspecified atom stereocenters. The van der Waals surface area contributed by atoms with Crippen molar-refractivity contribution in [1.29, 1.82) is 0 Å². The minimum Gasteiger partial charge on any atom is -0.468 e. The van der Waals surface area contributed by atoms with Crippen molar-refractivity contribution >= 4 is 27.8 Å². The molecule has 0 heterocycles. The standard InChI is InChI=1S/C12H10BrF4NO3/c1-21-11(20)8(13)5-18-10(19)7-4-6(12(15,16)17)2-3-9(7)14/h2-4,8H,5H2,1H3,(H,18,19). The molecule has 21 heavy (non-hydrogen) atoms. The highest BCUT2D eigenvalue weighted by atomic mass is 79.9. The molecule has 4 nitrogen and oxygen atoms in total. The average molecular weight is 372 g/mol. The van der Waals surface area contributed by atoms with E-state index in [1.807, 2.05) is 0 Å². The number of alkyl halides is 4. The molecule has 0 spiro atoms. The number of hydrogen-bond donors (Lipinski definition) is 1. The molecule has 0 saturated carbocycles. The fourth-order valence-electron chi connectivity index (χ4n) is 1.36.